The van der Waals surface area contributed by atoms with Crippen molar-refractivity contribution in [2.75, 3.05) is 6.61 Å². The topological polar surface area (TPSA) is 9.23 Å². The molecule has 0 unspecified atom stereocenters. The highest BCUT2D eigenvalue weighted by Gasteiger charge is 2.18. The van der Waals surface area contributed by atoms with Crippen molar-refractivity contribution >= 4 is 11.6 Å². The lowest BCUT2D eigenvalue weighted by Gasteiger charge is -2.21. The van der Waals surface area contributed by atoms with Crippen molar-refractivity contribution in [2.45, 2.75) is 12.8 Å². The highest BCUT2D eigenvalue weighted by atomic mass is 35.5. The number of hydrogen-bond donors (Lipinski definition) is 0. The summed E-state index contributed by atoms with van der Waals surface area (Å²) < 4.78 is 19.4. The van der Waals surface area contributed by atoms with E-state index in [-0.39, 0.29) is 5.82 Å². The highest BCUT2D eigenvalue weighted by molar-refractivity contribution is 6.33. The van der Waals surface area contributed by atoms with Gasteiger partial charge >= 0.3 is 0 Å². The number of benzene rings is 2. The minimum Gasteiger partial charge on any atom is -0.493 e. The number of hydrogen-bond acceptors (Lipinski definition) is 1. The summed E-state index contributed by atoms with van der Waals surface area (Å²) in [6.07, 6.45) is 1.78. The van der Waals surface area contributed by atoms with E-state index in [0.29, 0.717) is 11.6 Å². The summed E-state index contributed by atoms with van der Waals surface area (Å²) in [6, 6.07) is 10.5. The molecule has 0 saturated heterocycles. The van der Waals surface area contributed by atoms with Crippen molar-refractivity contribution < 1.29 is 9.13 Å². The van der Waals surface area contributed by atoms with E-state index in [1.54, 1.807) is 12.1 Å². The number of ether oxygens (including phenoxy) is 1. The standard InChI is InChI=1S/C15H12ClFO/c16-14-6-2-1-5-12(14)13-9-11(17)8-10-4-3-7-18-15(10)13/h1-2,5-6,8-9H,3-4,7H2. The Bertz CT molecular complexity index is 595. The quantitative estimate of drug-likeness (QED) is 0.737. The second-order valence-electron chi connectivity index (χ2n) is 4.37. The van der Waals surface area contributed by atoms with Crippen LogP contribution in [-0.2, 0) is 6.42 Å². The molecule has 3 heteroatoms. The number of aryl methyl sites for hydroxylation is 1. The average molecular weight is 263 g/mol. The molecule has 0 aliphatic carbocycles. The van der Waals surface area contributed by atoms with Gasteiger partial charge in [-0.15, -0.1) is 0 Å². The minimum absolute atomic E-state index is 0.242. The van der Waals surface area contributed by atoms with E-state index in [0.717, 1.165) is 35.3 Å². The third-order valence-corrected chi connectivity index (χ3v) is 3.46. The molecule has 92 valence electrons. The fourth-order valence-electron chi connectivity index (χ4n) is 2.32. The first kappa shape index (κ1) is 11.5. The van der Waals surface area contributed by atoms with Gasteiger partial charge in [-0.2, -0.15) is 0 Å². The second kappa shape index (κ2) is 4.62. The zero-order valence-electron chi connectivity index (χ0n) is 9.75. The molecule has 1 nitrogen and oxygen atoms in total. The van der Waals surface area contributed by atoms with Crippen LogP contribution in [0.25, 0.3) is 11.1 Å². The first-order valence-electron chi connectivity index (χ1n) is 5.96. The van der Waals surface area contributed by atoms with Crippen molar-refractivity contribution in [2.24, 2.45) is 0 Å². The molecule has 18 heavy (non-hydrogen) atoms. The smallest absolute Gasteiger partial charge is 0.130 e. The van der Waals surface area contributed by atoms with Crippen LogP contribution in [0.2, 0.25) is 5.02 Å². The van der Waals surface area contributed by atoms with Crippen LogP contribution in [0.15, 0.2) is 36.4 Å². The Morgan fingerprint density at radius 1 is 1.11 bits per heavy atom. The molecule has 1 aliphatic rings. The number of halogens is 2. The van der Waals surface area contributed by atoms with Gasteiger partial charge in [-0.1, -0.05) is 29.8 Å². The van der Waals surface area contributed by atoms with Crippen LogP contribution in [0.4, 0.5) is 4.39 Å². The van der Waals surface area contributed by atoms with Gasteiger partial charge in [0.1, 0.15) is 11.6 Å². The monoisotopic (exact) mass is 262 g/mol. The maximum absolute atomic E-state index is 13.7. The van der Waals surface area contributed by atoms with E-state index >= 15 is 0 Å². The Morgan fingerprint density at radius 3 is 2.78 bits per heavy atom. The maximum Gasteiger partial charge on any atom is 0.130 e. The molecule has 3 rings (SSSR count). The molecule has 0 amide bonds. The Balaban J connectivity index is 2.23. The Morgan fingerprint density at radius 2 is 1.94 bits per heavy atom. The third-order valence-electron chi connectivity index (χ3n) is 3.13. The van der Waals surface area contributed by atoms with E-state index in [2.05, 4.69) is 0 Å². The predicted molar refractivity (Wildman–Crippen MR) is 70.7 cm³/mol. The van der Waals surface area contributed by atoms with Gasteiger partial charge in [0.15, 0.2) is 0 Å². The van der Waals surface area contributed by atoms with Crippen molar-refractivity contribution in [1.29, 1.82) is 0 Å². The Kier molecular flexibility index (Phi) is 2.96. The normalized spacial score (nSPS) is 13.9. The molecule has 0 radical (unpaired) electrons. The molecule has 0 saturated carbocycles. The number of rotatable bonds is 1. The first-order valence-corrected chi connectivity index (χ1v) is 6.33. The molecule has 0 spiro atoms. The SMILES string of the molecule is Fc1cc2c(c(-c3ccccc3Cl)c1)OCCC2. The molecule has 0 atom stereocenters. The van der Waals surface area contributed by atoms with Crippen molar-refractivity contribution in [1.82, 2.24) is 0 Å². The van der Waals surface area contributed by atoms with E-state index in [1.165, 1.54) is 6.07 Å². The van der Waals surface area contributed by atoms with E-state index in [9.17, 15) is 4.39 Å². The van der Waals surface area contributed by atoms with Gasteiger partial charge in [-0.05, 0) is 36.6 Å². The third kappa shape index (κ3) is 1.97. The number of fused-ring (bicyclic) bond motifs is 1. The van der Waals surface area contributed by atoms with E-state index < -0.39 is 0 Å². The lowest BCUT2D eigenvalue weighted by Crippen LogP contribution is -2.10. The van der Waals surface area contributed by atoms with Gasteiger partial charge in [0.25, 0.3) is 0 Å². The van der Waals surface area contributed by atoms with Crippen molar-refractivity contribution in [3.8, 4) is 16.9 Å². The summed E-state index contributed by atoms with van der Waals surface area (Å²) >= 11 is 6.18. The van der Waals surface area contributed by atoms with Gasteiger partial charge in [-0.25, -0.2) is 4.39 Å². The summed E-state index contributed by atoms with van der Waals surface area (Å²) in [5.74, 6) is 0.532. The molecule has 0 bridgehead atoms. The lowest BCUT2D eigenvalue weighted by atomic mass is 9.97. The van der Waals surface area contributed by atoms with Crippen LogP contribution in [0.1, 0.15) is 12.0 Å². The summed E-state index contributed by atoms with van der Waals surface area (Å²) in [6.45, 7) is 0.677. The van der Waals surface area contributed by atoms with E-state index in [1.807, 2.05) is 18.2 Å². The minimum atomic E-state index is -0.242. The summed E-state index contributed by atoms with van der Waals surface area (Å²) in [4.78, 5) is 0. The fraction of sp³-hybridized carbons (Fsp3) is 0.200. The average Bonchev–Trinajstić information content (AvgIpc) is 2.38. The molecule has 2 aromatic rings. The second-order valence-corrected chi connectivity index (χ2v) is 4.78. The molecule has 1 aliphatic heterocycles. The summed E-state index contributed by atoms with van der Waals surface area (Å²) in [7, 11) is 0. The largest absolute Gasteiger partial charge is 0.493 e. The zero-order valence-corrected chi connectivity index (χ0v) is 10.5. The van der Waals surface area contributed by atoms with E-state index in [4.69, 9.17) is 16.3 Å². The Hall–Kier alpha value is -1.54. The van der Waals surface area contributed by atoms with Gasteiger partial charge in [0.2, 0.25) is 0 Å². The van der Waals surface area contributed by atoms with Crippen LogP contribution >= 0.6 is 11.6 Å². The van der Waals surface area contributed by atoms with Crippen LogP contribution in [0.5, 0.6) is 5.75 Å². The van der Waals surface area contributed by atoms with Gasteiger partial charge in [0.05, 0.1) is 6.61 Å². The predicted octanol–water partition coefficient (Wildman–Crippen LogP) is 4.47. The van der Waals surface area contributed by atoms with Gasteiger partial charge < -0.3 is 4.74 Å². The van der Waals surface area contributed by atoms with Crippen LogP contribution in [-0.4, -0.2) is 6.61 Å². The molecule has 2 aromatic carbocycles. The van der Waals surface area contributed by atoms with Crippen LogP contribution in [0.3, 0.4) is 0 Å². The maximum atomic E-state index is 13.7. The molecule has 0 fully saturated rings. The van der Waals surface area contributed by atoms with Crippen LogP contribution in [0, 0.1) is 5.82 Å². The van der Waals surface area contributed by atoms with Gasteiger partial charge in [-0.3, -0.25) is 0 Å². The lowest BCUT2D eigenvalue weighted by molar-refractivity contribution is 0.289. The molecule has 0 aromatic heterocycles. The first-order chi connectivity index (χ1) is 8.75. The Labute approximate surface area is 110 Å². The molecule has 0 N–H and O–H groups in total. The molecular weight excluding hydrogens is 251 g/mol. The summed E-state index contributed by atoms with van der Waals surface area (Å²) in [5.41, 5.74) is 2.49. The zero-order chi connectivity index (χ0) is 12.5. The van der Waals surface area contributed by atoms with Gasteiger partial charge in [0, 0.05) is 16.1 Å². The van der Waals surface area contributed by atoms with Crippen LogP contribution < -0.4 is 4.74 Å². The molecular formula is C15H12ClFO. The summed E-state index contributed by atoms with van der Waals surface area (Å²) in [5, 5.41) is 0.611. The highest BCUT2D eigenvalue weighted by Crippen LogP contribution is 2.39. The van der Waals surface area contributed by atoms with Crippen molar-refractivity contribution in [3.05, 3.63) is 52.8 Å². The van der Waals surface area contributed by atoms with Crippen molar-refractivity contribution in [3.63, 3.8) is 0 Å². The fourth-order valence-corrected chi connectivity index (χ4v) is 2.56. The molecule has 1 heterocycles.